The summed E-state index contributed by atoms with van der Waals surface area (Å²) in [6, 6.07) is 10.5. The van der Waals surface area contributed by atoms with Crippen molar-refractivity contribution in [3.63, 3.8) is 0 Å². The fourth-order valence-corrected chi connectivity index (χ4v) is 3.81. The van der Waals surface area contributed by atoms with E-state index in [1.54, 1.807) is 11.1 Å². The molecule has 1 N–H and O–H groups in total. The predicted octanol–water partition coefficient (Wildman–Crippen LogP) is 3.14. The van der Waals surface area contributed by atoms with Crippen LogP contribution in [0.5, 0.6) is 0 Å². The number of piperidine rings is 1. The van der Waals surface area contributed by atoms with Crippen LogP contribution < -0.4 is 5.32 Å². The highest BCUT2D eigenvalue weighted by atomic mass is 15.2. The summed E-state index contributed by atoms with van der Waals surface area (Å²) in [5.74, 6) is 0. The van der Waals surface area contributed by atoms with E-state index >= 15 is 0 Å². The lowest BCUT2D eigenvalue weighted by Gasteiger charge is -2.40. The summed E-state index contributed by atoms with van der Waals surface area (Å²) in [5.41, 5.74) is 3.20. The average molecular weight is 258 g/mol. The molecular formula is C17H26N2. The van der Waals surface area contributed by atoms with Gasteiger partial charge in [0, 0.05) is 25.2 Å². The molecule has 0 amide bonds. The van der Waals surface area contributed by atoms with Crippen molar-refractivity contribution >= 4 is 0 Å². The Morgan fingerprint density at radius 1 is 1.16 bits per heavy atom. The normalized spacial score (nSPS) is 25.2. The van der Waals surface area contributed by atoms with Gasteiger partial charge in [0.25, 0.3) is 0 Å². The average Bonchev–Trinajstić information content (AvgIpc) is 2.48. The van der Waals surface area contributed by atoms with Crippen molar-refractivity contribution in [2.75, 3.05) is 19.6 Å². The van der Waals surface area contributed by atoms with Gasteiger partial charge in [0.15, 0.2) is 0 Å². The van der Waals surface area contributed by atoms with Crippen molar-refractivity contribution < 1.29 is 0 Å². The first-order valence-electron chi connectivity index (χ1n) is 7.93. The molecule has 1 unspecified atom stereocenters. The molecule has 1 saturated heterocycles. The molecule has 0 saturated carbocycles. The van der Waals surface area contributed by atoms with Crippen LogP contribution in [0, 0.1) is 0 Å². The number of hydrogen-bond acceptors (Lipinski definition) is 2. The molecule has 0 radical (unpaired) electrons. The number of likely N-dealkylation sites (tertiary alicyclic amines) is 1. The van der Waals surface area contributed by atoms with Gasteiger partial charge in [-0.15, -0.1) is 0 Å². The molecule has 0 spiro atoms. The van der Waals surface area contributed by atoms with Gasteiger partial charge in [0.2, 0.25) is 0 Å². The Labute approximate surface area is 117 Å². The molecule has 1 aromatic carbocycles. The molecule has 0 aromatic heterocycles. The monoisotopic (exact) mass is 258 g/mol. The first kappa shape index (κ1) is 13.1. The van der Waals surface area contributed by atoms with E-state index in [-0.39, 0.29) is 0 Å². The Hall–Kier alpha value is -0.860. The molecule has 1 fully saturated rings. The number of fused-ring (bicyclic) bond motifs is 1. The molecule has 2 aliphatic rings. The van der Waals surface area contributed by atoms with Crippen LogP contribution in [0.15, 0.2) is 24.3 Å². The van der Waals surface area contributed by atoms with E-state index in [0.29, 0.717) is 6.04 Å². The Balaban J connectivity index is 1.68. The molecule has 2 nitrogen and oxygen atoms in total. The molecule has 1 aromatic rings. The highest BCUT2D eigenvalue weighted by Gasteiger charge is 2.28. The first-order chi connectivity index (χ1) is 9.38. The van der Waals surface area contributed by atoms with Gasteiger partial charge >= 0.3 is 0 Å². The van der Waals surface area contributed by atoms with Crippen LogP contribution in [0.25, 0.3) is 0 Å². The zero-order chi connectivity index (χ0) is 13.1. The van der Waals surface area contributed by atoms with Gasteiger partial charge in [-0.1, -0.05) is 31.2 Å². The highest BCUT2D eigenvalue weighted by molar-refractivity contribution is 5.32. The van der Waals surface area contributed by atoms with Crippen LogP contribution in [0.4, 0.5) is 0 Å². The fourth-order valence-electron chi connectivity index (χ4n) is 3.81. The Kier molecular flexibility index (Phi) is 4.19. The highest BCUT2D eigenvalue weighted by Crippen LogP contribution is 2.35. The maximum atomic E-state index is 3.60. The summed E-state index contributed by atoms with van der Waals surface area (Å²) >= 11 is 0. The molecule has 2 heteroatoms. The molecule has 104 valence electrons. The lowest BCUT2D eigenvalue weighted by Crippen LogP contribution is -2.44. The Morgan fingerprint density at radius 2 is 1.95 bits per heavy atom. The maximum Gasteiger partial charge on any atom is 0.0350 e. The third-order valence-electron chi connectivity index (χ3n) is 4.80. The smallest absolute Gasteiger partial charge is 0.0350 e. The van der Waals surface area contributed by atoms with Crippen molar-refractivity contribution in [1.82, 2.24) is 10.2 Å². The van der Waals surface area contributed by atoms with E-state index in [1.165, 1.54) is 45.2 Å². The van der Waals surface area contributed by atoms with Crippen LogP contribution >= 0.6 is 0 Å². The number of hydrogen-bond donors (Lipinski definition) is 1. The number of nitrogens with zero attached hydrogens (tertiary/aromatic N) is 1. The third-order valence-corrected chi connectivity index (χ3v) is 4.80. The van der Waals surface area contributed by atoms with Crippen molar-refractivity contribution in [3.8, 4) is 0 Å². The van der Waals surface area contributed by atoms with E-state index in [2.05, 4.69) is 41.4 Å². The summed E-state index contributed by atoms with van der Waals surface area (Å²) in [7, 11) is 0. The molecule has 19 heavy (non-hydrogen) atoms. The second-order valence-electron chi connectivity index (χ2n) is 5.97. The van der Waals surface area contributed by atoms with Crippen LogP contribution in [0.1, 0.15) is 49.8 Å². The topological polar surface area (TPSA) is 15.3 Å². The number of rotatable bonds is 3. The summed E-state index contributed by atoms with van der Waals surface area (Å²) in [4.78, 5) is 2.73. The Morgan fingerprint density at radius 3 is 2.74 bits per heavy atom. The largest absolute Gasteiger partial charge is 0.314 e. The SMILES string of the molecule is CCNC1CCN(C2CCCc3ccccc32)CC1. The summed E-state index contributed by atoms with van der Waals surface area (Å²) < 4.78 is 0. The van der Waals surface area contributed by atoms with Crippen LogP contribution in [-0.2, 0) is 6.42 Å². The van der Waals surface area contributed by atoms with Crippen molar-refractivity contribution in [2.24, 2.45) is 0 Å². The molecule has 1 aliphatic carbocycles. The van der Waals surface area contributed by atoms with Crippen molar-refractivity contribution in [2.45, 2.75) is 51.1 Å². The lowest BCUT2D eigenvalue weighted by atomic mass is 9.86. The minimum absolute atomic E-state index is 0.688. The molecular weight excluding hydrogens is 232 g/mol. The van der Waals surface area contributed by atoms with Crippen LogP contribution in [0.2, 0.25) is 0 Å². The third kappa shape index (κ3) is 2.85. The predicted molar refractivity (Wildman–Crippen MR) is 80.4 cm³/mol. The zero-order valence-corrected chi connectivity index (χ0v) is 12.1. The molecule has 0 bridgehead atoms. The summed E-state index contributed by atoms with van der Waals surface area (Å²) in [5, 5.41) is 3.60. The van der Waals surface area contributed by atoms with Crippen LogP contribution in [-0.4, -0.2) is 30.6 Å². The van der Waals surface area contributed by atoms with Crippen molar-refractivity contribution in [1.29, 1.82) is 0 Å². The van der Waals surface area contributed by atoms with Gasteiger partial charge in [-0.3, -0.25) is 4.90 Å². The standard InChI is InChI=1S/C17H26N2/c1-2-18-15-10-12-19(13-11-15)17-9-5-7-14-6-3-4-8-16(14)17/h3-4,6,8,15,17-18H,2,5,7,9-13H2,1H3. The second-order valence-corrected chi connectivity index (χ2v) is 5.97. The first-order valence-corrected chi connectivity index (χ1v) is 7.93. The van der Waals surface area contributed by atoms with Gasteiger partial charge < -0.3 is 5.32 Å². The molecule has 3 rings (SSSR count). The van der Waals surface area contributed by atoms with E-state index in [4.69, 9.17) is 0 Å². The molecule has 1 atom stereocenters. The number of nitrogens with one attached hydrogen (secondary N) is 1. The van der Waals surface area contributed by atoms with E-state index in [9.17, 15) is 0 Å². The van der Waals surface area contributed by atoms with Gasteiger partial charge in [0.1, 0.15) is 0 Å². The van der Waals surface area contributed by atoms with Gasteiger partial charge in [-0.05, 0) is 49.8 Å². The van der Waals surface area contributed by atoms with Crippen LogP contribution in [0.3, 0.4) is 0 Å². The van der Waals surface area contributed by atoms with Gasteiger partial charge in [-0.25, -0.2) is 0 Å². The molecule has 1 heterocycles. The van der Waals surface area contributed by atoms with E-state index in [1.807, 2.05) is 0 Å². The maximum absolute atomic E-state index is 3.60. The molecule has 1 aliphatic heterocycles. The van der Waals surface area contributed by atoms with E-state index in [0.717, 1.165) is 12.6 Å². The minimum atomic E-state index is 0.688. The lowest BCUT2D eigenvalue weighted by molar-refractivity contribution is 0.131. The number of aryl methyl sites for hydroxylation is 1. The Bertz CT molecular complexity index is 407. The minimum Gasteiger partial charge on any atom is -0.314 e. The van der Waals surface area contributed by atoms with Crippen molar-refractivity contribution in [3.05, 3.63) is 35.4 Å². The fraction of sp³-hybridized carbons (Fsp3) is 0.647. The number of benzene rings is 1. The van der Waals surface area contributed by atoms with Gasteiger partial charge in [0.05, 0.1) is 0 Å². The zero-order valence-electron chi connectivity index (χ0n) is 12.1. The summed E-state index contributed by atoms with van der Waals surface area (Å²) in [6.07, 6.45) is 6.61. The van der Waals surface area contributed by atoms with E-state index < -0.39 is 0 Å². The second kappa shape index (κ2) is 6.06. The van der Waals surface area contributed by atoms with Gasteiger partial charge in [-0.2, -0.15) is 0 Å². The summed E-state index contributed by atoms with van der Waals surface area (Å²) in [6.45, 7) is 5.84. The quantitative estimate of drug-likeness (QED) is 0.896.